The second-order valence-electron chi connectivity index (χ2n) is 6.80. The standard InChI is InChI=1S/C22H24N6O/c1-3-27(13-14-29)22-25-20(24-17-11-9-16(2)10-12-17)19-15-23-28(21(19)26-22)18-7-5-4-6-8-18/h4-12,15,29H,3,13-14H2,1-2H3,(H,24,25,26). The summed E-state index contributed by atoms with van der Waals surface area (Å²) < 4.78 is 1.81. The smallest absolute Gasteiger partial charge is 0.229 e. The van der Waals surface area contributed by atoms with E-state index in [-0.39, 0.29) is 6.61 Å². The van der Waals surface area contributed by atoms with Gasteiger partial charge in [0.25, 0.3) is 0 Å². The third-order valence-corrected chi connectivity index (χ3v) is 4.77. The van der Waals surface area contributed by atoms with Crippen LogP contribution in [0.3, 0.4) is 0 Å². The molecule has 0 saturated carbocycles. The molecule has 7 nitrogen and oxygen atoms in total. The molecule has 0 bridgehead atoms. The number of hydrogen-bond acceptors (Lipinski definition) is 6. The number of anilines is 3. The first-order valence-corrected chi connectivity index (χ1v) is 9.70. The quantitative estimate of drug-likeness (QED) is 0.503. The summed E-state index contributed by atoms with van der Waals surface area (Å²) in [6, 6.07) is 18.1. The largest absolute Gasteiger partial charge is 0.395 e. The van der Waals surface area contributed by atoms with Crippen molar-refractivity contribution < 1.29 is 5.11 Å². The predicted octanol–water partition coefficient (Wildman–Crippen LogP) is 3.69. The summed E-state index contributed by atoms with van der Waals surface area (Å²) in [7, 11) is 0. The molecule has 0 aliphatic rings. The van der Waals surface area contributed by atoms with Gasteiger partial charge in [-0.3, -0.25) is 0 Å². The van der Waals surface area contributed by atoms with Crippen LogP contribution >= 0.6 is 0 Å². The number of aliphatic hydroxyl groups excluding tert-OH is 1. The van der Waals surface area contributed by atoms with Crippen LogP contribution in [0.2, 0.25) is 0 Å². The Labute approximate surface area is 169 Å². The molecule has 4 aromatic rings. The lowest BCUT2D eigenvalue weighted by Gasteiger charge is -2.20. The monoisotopic (exact) mass is 388 g/mol. The maximum absolute atomic E-state index is 9.44. The van der Waals surface area contributed by atoms with Crippen LogP contribution in [0.5, 0.6) is 0 Å². The molecule has 29 heavy (non-hydrogen) atoms. The number of nitrogens with one attached hydrogen (secondary N) is 1. The van der Waals surface area contributed by atoms with E-state index in [1.54, 1.807) is 6.20 Å². The minimum Gasteiger partial charge on any atom is -0.395 e. The zero-order valence-electron chi connectivity index (χ0n) is 16.6. The van der Waals surface area contributed by atoms with Crippen molar-refractivity contribution in [1.29, 1.82) is 0 Å². The van der Waals surface area contributed by atoms with Gasteiger partial charge in [-0.1, -0.05) is 35.9 Å². The van der Waals surface area contributed by atoms with Gasteiger partial charge in [0.15, 0.2) is 5.65 Å². The Kier molecular flexibility index (Phi) is 5.39. The topological polar surface area (TPSA) is 79.1 Å². The minimum atomic E-state index is 0.0356. The van der Waals surface area contributed by atoms with Crippen LogP contribution in [0.25, 0.3) is 16.7 Å². The SMILES string of the molecule is CCN(CCO)c1nc(Nc2ccc(C)cc2)c2cnn(-c3ccccc3)c2n1. The highest BCUT2D eigenvalue weighted by atomic mass is 16.3. The maximum Gasteiger partial charge on any atom is 0.229 e. The molecule has 0 unspecified atom stereocenters. The molecule has 0 atom stereocenters. The predicted molar refractivity (Wildman–Crippen MR) is 116 cm³/mol. The molecule has 0 saturated heterocycles. The molecule has 0 amide bonds. The summed E-state index contributed by atoms with van der Waals surface area (Å²) in [4.78, 5) is 11.5. The van der Waals surface area contributed by atoms with Crippen molar-refractivity contribution in [3.63, 3.8) is 0 Å². The summed E-state index contributed by atoms with van der Waals surface area (Å²) in [5.74, 6) is 1.24. The Hall–Kier alpha value is -3.45. The molecule has 7 heteroatoms. The number of rotatable bonds is 7. The van der Waals surface area contributed by atoms with Crippen molar-refractivity contribution in [1.82, 2.24) is 19.7 Å². The van der Waals surface area contributed by atoms with E-state index in [9.17, 15) is 5.11 Å². The highest BCUT2D eigenvalue weighted by Gasteiger charge is 2.17. The number of para-hydroxylation sites is 1. The van der Waals surface area contributed by atoms with Gasteiger partial charge < -0.3 is 15.3 Å². The zero-order valence-corrected chi connectivity index (χ0v) is 16.6. The van der Waals surface area contributed by atoms with Crippen LogP contribution in [0.4, 0.5) is 17.5 Å². The third kappa shape index (κ3) is 3.90. The fourth-order valence-electron chi connectivity index (χ4n) is 3.19. The summed E-state index contributed by atoms with van der Waals surface area (Å²) >= 11 is 0. The molecular formula is C22H24N6O. The lowest BCUT2D eigenvalue weighted by atomic mass is 10.2. The van der Waals surface area contributed by atoms with E-state index in [1.807, 2.05) is 59.0 Å². The highest BCUT2D eigenvalue weighted by molar-refractivity contribution is 5.90. The van der Waals surface area contributed by atoms with Crippen molar-refractivity contribution in [2.75, 3.05) is 29.9 Å². The first kappa shape index (κ1) is 18.9. The van der Waals surface area contributed by atoms with Crippen molar-refractivity contribution in [2.24, 2.45) is 0 Å². The van der Waals surface area contributed by atoms with Crippen molar-refractivity contribution >= 4 is 28.5 Å². The summed E-state index contributed by atoms with van der Waals surface area (Å²) in [5.41, 5.74) is 3.78. The Bertz CT molecular complexity index is 1090. The Morgan fingerprint density at radius 2 is 1.79 bits per heavy atom. The molecule has 0 aliphatic heterocycles. The molecule has 2 heterocycles. The number of benzene rings is 2. The van der Waals surface area contributed by atoms with Crippen LogP contribution in [-0.2, 0) is 0 Å². The number of nitrogens with zero attached hydrogens (tertiary/aromatic N) is 5. The summed E-state index contributed by atoms with van der Waals surface area (Å²) in [5, 5.41) is 18.2. The third-order valence-electron chi connectivity index (χ3n) is 4.77. The van der Waals surface area contributed by atoms with Gasteiger partial charge in [-0.2, -0.15) is 15.1 Å². The van der Waals surface area contributed by atoms with Crippen LogP contribution in [-0.4, -0.2) is 44.6 Å². The van der Waals surface area contributed by atoms with Crippen molar-refractivity contribution in [2.45, 2.75) is 13.8 Å². The van der Waals surface area contributed by atoms with Gasteiger partial charge in [0.1, 0.15) is 5.82 Å². The summed E-state index contributed by atoms with van der Waals surface area (Å²) in [6.07, 6.45) is 1.78. The fourth-order valence-corrected chi connectivity index (χ4v) is 3.19. The molecular weight excluding hydrogens is 364 g/mol. The fraction of sp³-hybridized carbons (Fsp3) is 0.227. The molecule has 2 aromatic carbocycles. The van der Waals surface area contributed by atoms with E-state index in [1.165, 1.54) is 5.56 Å². The van der Waals surface area contributed by atoms with E-state index < -0.39 is 0 Å². The van der Waals surface area contributed by atoms with Crippen LogP contribution < -0.4 is 10.2 Å². The molecule has 4 rings (SSSR count). The van der Waals surface area contributed by atoms with Crippen LogP contribution in [0, 0.1) is 6.92 Å². The zero-order chi connectivity index (χ0) is 20.2. The van der Waals surface area contributed by atoms with Crippen molar-refractivity contribution in [3.8, 4) is 5.69 Å². The molecule has 0 radical (unpaired) electrons. The van der Waals surface area contributed by atoms with Gasteiger partial charge in [-0.25, -0.2) is 4.68 Å². The van der Waals surface area contributed by atoms with Crippen LogP contribution in [0.15, 0.2) is 60.8 Å². The minimum absolute atomic E-state index is 0.0356. The molecule has 0 spiro atoms. The average Bonchev–Trinajstić information content (AvgIpc) is 3.18. The lowest BCUT2D eigenvalue weighted by molar-refractivity contribution is 0.302. The van der Waals surface area contributed by atoms with Gasteiger partial charge in [0, 0.05) is 18.8 Å². The second kappa shape index (κ2) is 8.28. The Morgan fingerprint density at radius 1 is 1.03 bits per heavy atom. The van der Waals surface area contributed by atoms with Gasteiger partial charge in [0.2, 0.25) is 5.95 Å². The first-order valence-electron chi connectivity index (χ1n) is 9.70. The van der Waals surface area contributed by atoms with Crippen molar-refractivity contribution in [3.05, 3.63) is 66.4 Å². The molecule has 2 aromatic heterocycles. The number of aryl methyl sites for hydroxylation is 1. The molecule has 148 valence electrons. The van der Waals surface area contributed by atoms with E-state index in [0.717, 1.165) is 16.8 Å². The molecule has 0 aliphatic carbocycles. The first-order chi connectivity index (χ1) is 14.2. The number of likely N-dealkylation sites (N-methyl/N-ethyl adjacent to an activating group) is 1. The normalized spacial score (nSPS) is 11.0. The number of aromatic nitrogens is 4. The second-order valence-corrected chi connectivity index (χ2v) is 6.80. The molecule has 2 N–H and O–H groups in total. The highest BCUT2D eigenvalue weighted by Crippen LogP contribution is 2.28. The average molecular weight is 388 g/mol. The van der Waals surface area contributed by atoms with E-state index in [4.69, 9.17) is 9.97 Å². The van der Waals surface area contributed by atoms with Gasteiger partial charge >= 0.3 is 0 Å². The van der Waals surface area contributed by atoms with E-state index in [0.29, 0.717) is 30.5 Å². The molecule has 0 fully saturated rings. The van der Waals surface area contributed by atoms with E-state index >= 15 is 0 Å². The summed E-state index contributed by atoms with van der Waals surface area (Å²) in [6.45, 7) is 5.27. The van der Waals surface area contributed by atoms with E-state index in [2.05, 4.69) is 29.5 Å². The number of hydrogen-bond donors (Lipinski definition) is 2. The van der Waals surface area contributed by atoms with Gasteiger partial charge in [-0.15, -0.1) is 0 Å². The van der Waals surface area contributed by atoms with Crippen LogP contribution in [0.1, 0.15) is 12.5 Å². The Morgan fingerprint density at radius 3 is 2.48 bits per heavy atom. The lowest BCUT2D eigenvalue weighted by Crippen LogP contribution is -2.28. The number of aliphatic hydroxyl groups is 1. The van der Waals surface area contributed by atoms with Gasteiger partial charge in [0.05, 0.1) is 23.9 Å². The number of fused-ring (bicyclic) bond motifs is 1. The Balaban J connectivity index is 1.86. The van der Waals surface area contributed by atoms with Gasteiger partial charge in [-0.05, 0) is 38.1 Å². The maximum atomic E-state index is 9.44.